The van der Waals surface area contributed by atoms with Gasteiger partial charge < -0.3 is 0 Å². The van der Waals surface area contributed by atoms with Crippen LogP contribution in [0.1, 0.15) is 5.56 Å². The number of rotatable bonds is 1. The maximum absolute atomic E-state index is 4.63. The Labute approximate surface area is 147 Å². The molecule has 0 bridgehead atoms. The third kappa shape index (κ3) is 1.68. The maximum Gasteiger partial charge on any atom is 0.291 e. The molecule has 4 nitrogen and oxygen atoms in total. The van der Waals surface area contributed by atoms with Crippen molar-refractivity contribution in [1.29, 1.82) is 0 Å². The van der Waals surface area contributed by atoms with E-state index in [1.807, 2.05) is 42.1 Å². The summed E-state index contributed by atoms with van der Waals surface area (Å²) >= 11 is 1.81. The molecule has 25 heavy (non-hydrogen) atoms. The van der Waals surface area contributed by atoms with Crippen LogP contribution in [0.2, 0.25) is 0 Å². The van der Waals surface area contributed by atoms with Gasteiger partial charge in [-0.2, -0.15) is 4.57 Å². The lowest BCUT2D eigenvalue weighted by Gasteiger charge is -2.04. The van der Waals surface area contributed by atoms with Crippen molar-refractivity contribution in [3.63, 3.8) is 0 Å². The molecule has 0 saturated carbocycles. The van der Waals surface area contributed by atoms with Gasteiger partial charge in [-0.25, -0.2) is 4.98 Å². The fourth-order valence-corrected chi connectivity index (χ4v) is 5.13. The van der Waals surface area contributed by atoms with Crippen molar-refractivity contribution < 1.29 is 4.57 Å². The normalized spacial score (nSPS) is 12.6. The Hall–Kier alpha value is -3.05. The lowest BCUT2D eigenvalue weighted by molar-refractivity contribution is -0.641. The average Bonchev–Trinajstić information content (AvgIpc) is 3.29. The minimum Gasteiger partial charge on any atom is -0.294 e. The molecule has 1 aliphatic heterocycles. The molecule has 5 heteroatoms. The Morgan fingerprint density at radius 3 is 2.84 bits per heavy atom. The molecule has 0 unspecified atom stereocenters. The third-order valence-corrected chi connectivity index (χ3v) is 6.02. The summed E-state index contributed by atoms with van der Waals surface area (Å²) < 4.78 is 4.72. The second-order valence-corrected chi connectivity index (χ2v) is 7.20. The van der Waals surface area contributed by atoms with E-state index in [1.54, 1.807) is 0 Å². The fourth-order valence-electron chi connectivity index (χ4n) is 3.79. The minimum atomic E-state index is 0.884. The van der Waals surface area contributed by atoms with E-state index in [0.29, 0.717) is 0 Å². The Bertz CT molecular complexity index is 1270. The van der Waals surface area contributed by atoms with E-state index in [-0.39, 0.29) is 0 Å². The molecule has 0 spiro atoms. The number of thiazole rings is 1. The Morgan fingerprint density at radius 1 is 1.00 bits per heavy atom. The number of hydrogen-bond acceptors (Lipinski definition) is 3. The standard InChI is InChI=1S/C20H13N4S/c1-2-6-14(7-3-1)24-16-11-21-10-8-15(16)18-20(24)25-19-17-13(12-23(18)19)5-4-9-22-17/h1-11H,12H2/q+1. The zero-order valence-corrected chi connectivity index (χ0v) is 14.1. The van der Waals surface area contributed by atoms with Crippen LogP contribution in [0.25, 0.3) is 37.6 Å². The van der Waals surface area contributed by atoms with Gasteiger partial charge in [0.2, 0.25) is 0 Å². The molecule has 0 saturated heterocycles. The SMILES string of the molecule is c1ccc(-n2c3cnccc3c3c2sc2[n+]3Cc3cccnc3-2)cc1. The zero-order chi connectivity index (χ0) is 16.4. The van der Waals surface area contributed by atoms with Crippen LogP contribution in [-0.2, 0) is 6.54 Å². The smallest absolute Gasteiger partial charge is 0.291 e. The van der Waals surface area contributed by atoms with E-state index >= 15 is 0 Å². The first-order chi connectivity index (χ1) is 12.4. The first-order valence-corrected chi connectivity index (χ1v) is 9.04. The molecule has 0 aliphatic carbocycles. The Kier molecular flexibility index (Phi) is 2.51. The van der Waals surface area contributed by atoms with E-state index in [1.165, 1.54) is 26.3 Å². The van der Waals surface area contributed by atoms with Crippen molar-refractivity contribution in [2.45, 2.75) is 6.54 Å². The topological polar surface area (TPSA) is 34.6 Å². The van der Waals surface area contributed by atoms with Crippen LogP contribution in [0.5, 0.6) is 0 Å². The number of fused-ring (bicyclic) bond motifs is 7. The molecule has 1 aliphatic rings. The van der Waals surface area contributed by atoms with Gasteiger partial charge in [-0.3, -0.25) is 9.55 Å². The molecule has 0 atom stereocenters. The molecule has 0 N–H and O–H groups in total. The molecule has 118 valence electrons. The lowest BCUT2D eigenvalue weighted by atomic mass is 10.2. The maximum atomic E-state index is 4.63. The summed E-state index contributed by atoms with van der Waals surface area (Å²) in [6.45, 7) is 0.884. The zero-order valence-electron chi connectivity index (χ0n) is 13.3. The van der Waals surface area contributed by atoms with Crippen LogP contribution in [0.4, 0.5) is 0 Å². The summed E-state index contributed by atoms with van der Waals surface area (Å²) in [7, 11) is 0. The van der Waals surface area contributed by atoms with Crippen molar-refractivity contribution in [3.05, 3.63) is 72.7 Å². The van der Waals surface area contributed by atoms with Crippen LogP contribution in [-0.4, -0.2) is 14.5 Å². The fraction of sp³-hybridized carbons (Fsp3) is 0.0500. The summed E-state index contributed by atoms with van der Waals surface area (Å²) in [4.78, 5) is 10.2. The van der Waals surface area contributed by atoms with Gasteiger partial charge >= 0.3 is 0 Å². The molecule has 1 aromatic carbocycles. The predicted molar refractivity (Wildman–Crippen MR) is 99.0 cm³/mol. The second-order valence-electron chi connectivity index (χ2n) is 6.22. The minimum absolute atomic E-state index is 0.884. The molecule has 5 aromatic rings. The highest BCUT2D eigenvalue weighted by molar-refractivity contribution is 7.21. The van der Waals surface area contributed by atoms with E-state index in [0.717, 1.165) is 23.4 Å². The van der Waals surface area contributed by atoms with Gasteiger partial charge in [0, 0.05) is 18.1 Å². The molecule has 5 heterocycles. The summed E-state index contributed by atoms with van der Waals surface area (Å²) in [5, 5.41) is 2.48. The second kappa shape index (κ2) is 4.74. The van der Waals surface area contributed by atoms with Crippen LogP contribution < -0.4 is 4.57 Å². The Balaban J connectivity index is 1.78. The molecule has 0 fully saturated rings. The van der Waals surface area contributed by atoms with Crippen LogP contribution >= 0.6 is 11.3 Å². The number of benzene rings is 1. The number of para-hydroxylation sites is 1. The van der Waals surface area contributed by atoms with Gasteiger partial charge in [0.05, 0.1) is 22.7 Å². The van der Waals surface area contributed by atoms with Crippen LogP contribution in [0.3, 0.4) is 0 Å². The van der Waals surface area contributed by atoms with Gasteiger partial charge in [-0.05, 0) is 41.7 Å². The number of aromatic nitrogens is 4. The molecule has 6 rings (SSSR count). The van der Waals surface area contributed by atoms with Crippen molar-refractivity contribution in [3.8, 4) is 16.4 Å². The summed E-state index contributed by atoms with van der Waals surface area (Å²) in [6, 6.07) is 16.8. The predicted octanol–water partition coefficient (Wildman–Crippen LogP) is 3.95. The van der Waals surface area contributed by atoms with Gasteiger partial charge in [0.1, 0.15) is 0 Å². The molecule has 0 radical (unpaired) electrons. The van der Waals surface area contributed by atoms with Crippen LogP contribution in [0.15, 0.2) is 67.1 Å². The quantitative estimate of drug-likeness (QED) is 0.424. The lowest BCUT2D eigenvalue weighted by Crippen LogP contribution is -2.30. The average molecular weight is 341 g/mol. The highest BCUT2D eigenvalue weighted by atomic mass is 32.1. The molecule has 4 aromatic heterocycles. The number of pyridine rings is 2. The summed E-state index contributed by atoms with van der Waals surface area (Å²) in [5.74, 6) is 0. The van der Waals surface area contributed by atoms with E-state index in [4.69, 9.17) is 0 Å². The summed E-state index contributed by atoms with van der Waals surface area (Å²) in [5.41, 5.74) is 6.00. The first-order valence-electron chi connectivity index (χ1n) is 8.22. The molecular weight excluding hydrogens is 328 g/mol. The third-order valence-electron chi connectivity index (χ3n) is 4.85. The first kappa shape index (κ1) is 13.3. The number of hydrogen-bond donors (Lipinski definition) is 0. The number of nitrogens with zero attached hydrogens (tertiary/aromatic N) is 4. The highest BCUT2D eigenvalue weighted by Gasteiger charge is 2.36. The largest absolute Gasteiger partial charge is 0.294 e. The van der Waals surface area contributed by atoms with Crippen molar-refractivity contribution in [1.82, 2.24) is 14.5 Å². The Morgan fingerprint density at radius 2 is 1.92 bits per heavy atom. The van der Waals surface area contributed by atoms with Gasteiger partial charge in [-0.1, -0.05) is 18.2 Å². The van der Waals surface area contributed by atoms with Crippen molar-refractivity contribution in [2.24, 2.45) is 0 Å². The van der Waals surface area contributed by atoms with Gasteiger partial charge in [0.15, 0.2) is 17.1 Å². The molecular formula is C20H13N4S+. The van der Waals surface area contributed by atoms with Gasteiger partial charge in [-0.15, -0.1) is 0 Å². The molecule has 0 amide bonds. The van der Waals surface area contributed by atoms with E-state index < -0.39 is 0 Å². The monoisotopic (exact) mass is 341 g/mol. The van der Waals surface area contributed by atoms with Gasteiger partial charge in [0.25, 0.3) is 10.5 Å². The van der Waals surface area contributed by atoms with E-state index in [9.17, 15) is 0 Å². The van der Waals surface area contributed by atoms with Crippen molar-refractivity contribution >= 4 is 32.6 Å². The highest BCUT2D eigenvalue weighted by Crippen LogP contribution is 2.39. The van der Waals surface area contributed by atoms with E-state index in [2.05, 4.69) is 55.5 Å². The van der Waals surface area contributed by atoms with Crippen LogP contribution in [0, 0.1) is 0 Å². The van der Waals surface area contributed by atoms with Crippen molar-refractivity contribution in [2.75, 3.05) is 0 Å². The summed E-state index contributed by atoms with van der Waals surface area (Å²) in [6.07, 6.45) is 5.72.